The summed E-state index contributed by atoms with van der Waals surface area (Å²) in [5.41, 5.74) is 3.45. The molecule has 5 heteroatoms. The summed E-state index contributed by atoms with van der Waals surface area (Å²) in [5, 5.41) is 14.6. The molecule has 0 aliphatic heterocycles. The molecule has 1 N–H and O–H groups in total. The van der Waals surface area contributed by atoms with Crippen molar-refractivity contribution in [3.8, 4) is 0 Å². The van der Waals surface area contributed by atoms with Gasteiger partial charge < -0.3 is 15.2 Å². The van der Waals surface area contributed by atoms with Crippen LogP contribution in [0.3, 0.4) is 0 Å². The molecule has 1 aromatic heterocycles. The molecule has 3 rings (SSSR count). The molecular weight excluding hydrogens is 316 g/mol. The maximum atomic E-state index is 12.7. The van der Waals surface area contributed by atoms with E-state index in [0.29, 0.717) is 19.4 Å². The SMILES string of the molecule is CC1(C)CCCC2=C1C[C@@H](C(=O)[O-])[C@@H](C(=O)NCc1cccnc1)C2. The summed E-state index contributed by atoms with van der Waals surface area (Å²) in [6.07, 6.45) is 7.51. The van der Waals surface area contributed by atoms with Gasteiger partial charge >= 0.3 is 0 Å². The van der Waals surface area contributed by atoms with Crippen LogP contribution in [0.1, 0.15) is 51.5 Å². The summed E-state index contributed by atoms with van der Waals surface area (Å²) < 4.78 is 0. The zero-order valence-electron chi connectivity index (χ0n) is 14.9. The smallest absolute Gasteiger partial charge is 0.224 e. The molecule has 5 nitrogen and oxygen atoms in total. The third-order valence-electron chi connectivity index (χ3n) is 5.73. The number of hydrogen-bond acceptors (Lipinski definition) is 4. The van der Waals surface area contributed by atoms with Gasteiger partial charge in [0.15, 0.2) is 0 Å². The van der Waals surface area contributed by atoms with E-state index in [2.05, 4.69) is 24.1 Å². The monoisotopic (exact) mass is 341 g/mol. The van der Waals surface area contributed by atoms with Crippen molar-refractivity contribution in [2.45, 2.75) is 52.5 Å². The molecule has 1 heterocycles. The van der Waals surface area contributed by atoms with Crippen LogP contribution in [0.2, 0.25) is 0 Å². The molecule has 0 unspecified atom stereocenters. The fraction of sp³-hybridized carbons (Fsp3) is 0.550. The Bertz CT molecular complexity index is 694. The average molecular weight is 341 g/mol. The van der Waals surface area contributed by atoms with Crippen molar-refractivity contribution >= 4 is 11.9 Å². The number of nitrogens with one attached hydrogen (secondary N) is 1. The molecule has 0 bridgehead atoms. The second-order valence-corrected chi connectivity index (χ2v) is 7.84. The Hall–Kier alpha value is -2.17. The van der Waals surface area contributed by atoms with E-state index in [9.17, 15) is 14.7 Å². The molecule has 2 aliphatic carbocycles. The van der Waals surface area contributed by atoms with Crippen LogP contribution < -0.4 is 10.4 Å². The number of amides is 1. The largest absolute Gasteiger partial charge is 0.550 e. The minimum atomic E-state index is -1.12. The van der Waals surface area contributed by atoms with Crippen LogP contribution >= 0.6 is 0 Å². The predicted molar refractivity (Wildman–Crippen MR) is 92.0 cm³/mol. The summed E-state index contributed by atoms with van der Waals surface area (Å²) in [6, 6.07) is 3.70. The van der Waals surface area contributed by atoms with E-state index >= 15 is 0 Å². The molecule has 0 spiro atoms. The second-order valence-electron chi connectivity index (χ2n) is 7.84. The number of aromatic nitrogens is 1. The molecule has 0 radical (unpaired) electrons. The predicted octanol–water partition coefficient (Wildman–Crippen LogP) is 1.98. The topological polar surface area (TPSA) is 82.1 Å². The van der Waals surface area contributed by atoms with Crippen molar-refractivity contribution in [1.82, 2.24) is 10.3 Å². The van der Waals surface area contributed by atoms with Gasteiger partial charge in [0.05, 0.1) is 0 Å². The number of rotatable bonds is 4. The number of carboxylic acids is 1. The highest BCUT2D eigenvalue weighted by Gasteiger charge is 2.41. The lowest BCUT2D eigenvalue weighted by molar-refractivity contribution is -0.313. The van der Waals surface area contributed by atoms with Gasteiger partial charge in [-0.1, -0.05) is 31.1 Å². The summed E-state index contributed by atoms with van der Waals surface area (Å²) >= 11 is 0. The minimum absolute atomic E-state index is 0.0262. The summed E-state index contributed by atoms with van der Waals surface area (Å²) in [6.45, 7) is 4.72. The number of pyridine rings is 1. The van der Waals surface area contributed by atoms with Crippen molar-refractivity contribution in [2.75, 3.05) is 0 Å². The maximum absolute atomic E-state index is 12.7. The van der Waals surface area contributed by atoms with Gasteiger partial charge in [-0.25, -0.2) is 0 Å². The third-order valence-corrected chi connectivity index (χ3v) is 5.73. The lowest BCUT2D eigenvalue weighted by Crippen LogP contribution is -2.46. The first-order chi connectivity index (χ1) is 11.9. The van der Waals surface area contributed by atoms with E-state index < -0.39 is 17.8 Å². The zero-order chi connectivity index (χ0) is 18.0. The quantitative estimate of drug-likeness (QED) is 0.849. The van der Waals surface area contributed by atoms with Gasteiger partial charge in [-0.05, 0) is 49.1 Å². The van der Waals surface area contributed by atoms with E-state index in [-0.39, 0.29) is 11.3 Å². The van der Waals surface area contributed by atoms with Crippen molar-refractivity contribution in [1.29, 1.82) is 0 Å². The Morgan fingerprint density at radius 1 is 1.32 bits per heavy atom. The maximum Gasteiger partial charge on any atom is 0.224 e. The lowest BCUT2D eigenvalue weighted by atomic mass is 9.63. The molecular formula is C20H25N2O3-. The first-order valence-corrected chi connectivity index (χ1v) is 8.97. The van der Waals surface area contributed by atoms with Gasteiger partial charge in [-0.2, -0.15) is 0 Å². The molecule has 0 saturated heterocycles. The van der Waals surface area contributed by atoms with Crippen molar-refractivity contribution in [2.24, 2.45) is 17.3 Å². The third kappa shape index (κ3) is 3.75. The highest BCUT2D eigenvalue weighted by Crippen LogP contribution is 2.49. The lowest BCUT2D eigenvalue weighted by Gasteiger charge is -2.43. The number of carbonyl (C=O) groups is 2. The Balaban J connectivity index is 1.76. The summed E-state index contributed by atoms with van der Waals surface area (Å²) in [5.74, 6) is -2.61. The number of nitrogens with zero attached hydrogens (tertiary/aromatic N) is 1. The van der Waals surface area contributed by atoms with Crippen LogP contribution in [0.25, 0.3) is 0 Å². The first kappa shape index (κ1) is 17.6. The molecule has 1 amide bonds. The minimum Gasteiger partial charge on any atom is -0.550 e. The fourth-order valence-electron chi connectivity index (χ4n) is 4.29. The van der Waals surface area contributed by atoms with Gasteiger partial charge in [0.1, 0.15) is 0 Å². The number of carboxylic acid groups (broad SMARTS) is 1. The fourth-order valence-corrected chi connectivity index (χ4v) is 4.29. The molecule has 2 aliphatic rings. The van der Waals surface area contributed by atoms with E-state index in [1.54, 1.807) is 12.4 Å². The number of carbonyl (C=O) groups excluding carboxylic acids is 2. The normalized spacial score (nSPS) is 25.2. The summed E-state index contributed by atoms with van der Waals surface area (Å²) in [4.78, 5) is 28.4. The number of hydrogen-bond donors (Lipinski definition) is 1. The van der Waals surface area contributed by atoms with Crippen LogP contribution in [0, 0.1) is 17.3 Å². The molecule has 1 aromatic rings. The van der Waals surface area contributed by atoms with Gasteiger partial charge in [-0.3, -0.25) is 9.78 Å². The molecule has 134 valence electrons. The number of allylic oxidation sites excluding steroid dienone is 2. The standard InChI is InChI=1S/C20H26N2O3/c1-20(2)7-3-6-14-9-15(16(19(24)25)10-17(14)20)18(23)22-12-13-5-4-8-21-11-13/h4-5,8,11,15-16H,3,6-7,9-10,12H2,1-2H3,(H,22,23)(H,24,25)/p-1/t15-,16+/m0/s1. The average Bonchev–Trinajstić information content (AvgIpc) is 2.59. The van der Waals surface area contributed by atoms with E-state index in [4.69, 9.17) is 0 Å². The van der Waals surface area contributed by atoms with Gasteiger partial charge in [0.2, 0.25) is 5.91 Å². The second kappa shape index (κ2) is 6.98. The highest BCUT2D eigenvalue weighted by molar-refractivity contribution is 5.85. The van der Waals surface area contributed by atoms with Crippen molar-refractivity contribution in [3.05, 3.63) is 41.2 Å². The van der Waals surface area contributed by atoms with Crippen molar-refractivity contribution < 1.29 is 14.7 Å². The van der Waals surface area contributed by atoms with E-state index in [1.807, 2.05) is 12.1 Å². The van der Waals surface area contributed by atoms with Crippen LogP contribution in [-0.4, -0.2) is 16.9 Å². The van der Waals surface area contributed by atoms with Gasteiger partial charge in [0, 0.05) is 36.7 Å². The van der Waals surface area contributed by atoms with Crippen LogP contribution in [0.5, 0.6) is 0 Å². The Morgan fingerprint density at radius 2 is 2.12 bits per heavy atom. The van der Waals surface area contributed by atoms with Crippen LogP contribution in [-0.2, 0) is 16.1 Å². The highest BCUT2D eigenvalue weighted by atomic mass is 16.4. The van der Waals surface area contributed by atoms with Gasteiger partial charge in [-0.15, -0.1) is 0 Å². The zero-order valence-corrected chi connectivity index (χ0v) is 14.9. The Kier molecular flexibility index (Phi) is 4.93. The Morgan fingerprint density at radius 3 is 2.80 bits per heavy atom. The summed E-state index contributed by atoms with van der Waals surface area (Å²) in [7, 11) is 0. The molecule has 0 saturated carbocycles. The van der Waals surface area contributed by atoms with Crippen LogP contribution in [0.4, 0.5) is 0 Å². The molecule has 2 atom stereocenters. The molecule has 0 aromatic carbocycles. The first-order valence-electron chi connectivity index (χ1n) is 8.97. The van der Waals surface area contributed by atoms with E-state index in [1.165, 1.54) is 11.1 Å². The molecule has 25 heavy (non-hydrogen) atoms. The Labute approximate surface area is 148 Å². The molecule has 0 fully saturated rings. The van der Waals surface area contributed by atoms with Crippen molar-refractivity contribution in [3.63, 3.8) is 0 Å². The van der Waals surface area contributed by atoms with Crippen LogP contribution in [0.15, 0.2) is 35.7 Å². The van der Waals surface area contributed by atoms with Gasteiger partial charge in [0.25, 0.3) is 0 Å². The number of aliphatic carboxylic acids is 1. The van der Waals surface area contributed by atoms with E-state index in [0.717, 1.165) is 24.8 Å².